The molecule has 0 radical (unpaired) electrons. The summed E-state index contributed by atoms with van der Waals surface area (Å²) in [5, 5.41) is 3.08. The Kier molecular flexibility index (Phi) is 3.03. The van der Waals surface area contributed by atoms with Crippen molar-refractivity contribution >= 4 is 5.91 Å². The Morgan fingerprint density at radius 2 is 2.50 bits per heavy atom. The molecule has 2 atom stereocenters. The molecule has 2 aliphatic rings. The molecule has 4 nitrogen and oxygen atoms in total. The first-order valence-electron chi connectivity index (χ1n) is 5.37. The number of hydrogen-bond acceptors (Lipinski definition) is 3. The third-order valence-electron chi connectivity index (χ3n) is 3.18. The van der Waals surface area contributed by atoms with Crippen molar-refractivity contribution in [3.05, 3.63) is 0 Å². The van der Waals surface area contributed by atoms with Gasteiger partial charge in [-0.15, -0.1) is 0 Å². The van der Waals surface area contributed by atoms with Gasteiger partial charge in [0.2, 0.25) is 5.91 Å². The molecule has 2 rings (SSSR count). The highest BCUT2D eigenvalue weighted by atomic mass is 16.5. The summed E-state index contributed by atoms with van der Waals surface area (Å²) in [6, 6.07) is 0. The molecule has 0 saturated carbocycles. The van der Waals surface area contributed by atoms with E-state index in [1.807, 2.05) is 4.90 Å². The van der Waals surface area contributed by atoms with E-state index in [2.05, 4.69) is 12.2 Å². The number of amides is 1. The highest BCUT2D eigenvalue weighted by Gasteiger charge is 2.28. The predicted molar refractivity (Wildman–Crippen MR) is 53.0 cm³/mol. The maximum atomic E-state index is 11.5. The highest BCUT2D eigenvalue weighted by molar-refractivity contribution is 5.78. The van der Waals surface area contributed by atoms with Gasteiger partial charge in [-0.2, -0.15) is 0 Å². The molecule has 80 valence electrons. The lowest BCUT2D eigenvalue weighted by molar-refractivity contribution is -0.132. The third-order valence-corrected chi connectivity index (χ3v) is 3.18. The maximum absolute atomic E-state index is 11.5. The molecular formula is C10H18N2O2. The van der Waals surface area contributed by atoms with Gasteiger partial charge in [0.1, 0.15) is 0 Å². The van der Waals surface area contributed by atoms with Crippen molar-refractivity contribution in [2.24, 2.45) is 5.92 Å². The van der Waals surface area contributed by atoms with Crippen LogP contribution < -0.4 is 5.32 Å². The van der Waals surface area contributed by atoms with Crippen LogP contribution in [-0.2, 0) is 9.53 Å². The average Bonchev–Trinajstić information content (AvgIpc) is 2.56. The zero-order chi connectivity index (χ0) is 9.97. The lowest BCUT2D eigenvalue weighted by Gasteiger charge is -2.30. The van der Waals surface area contributed by atoms with Crippen LogP contribution in [0.25, 0.3) is 0 Å². The molecule has 0 aromatic rings. The summed E-state index contributed by atoms with van der Waals surface area (Å²) in [6.45, 7) is 6.11. The van der Waals surface area contributed by atoms with Crippen LogP contribution in [0.15, 0.2) is 0 Å². The molecule has 1 N–H and O–H groups in total. The van der Waals surface area contributed by atoms with Gasteiger partial charge in [-0.3, -0.25) is 4.79 Å². The third kappa shape index (κ3) is 2.07. The predicted octanol–water partition coefficient (Wildman–Crippen LogP) is -0.157. The quantitative estimate of drug-likeness (QED) is 0.670. The van der Waals surface area contributed by atoms with Crippen molar-refractivity contribution < 1.29 is 9.53 Å². The van der Waals surface area contributed by atoms with Crippen LogP contribution in [0.2, 0.25) is 0 Å². The number of hydrogen-bond donors (Lipinski definition) is 1. The van der Waals surface area contributed by atoms with E-state index in [9.17, 15) is 4.79 Å². The van der Waals surface area contributed by atoms with E-state index in [0.29, 0.717) is 18.6 Å². The fourth-order valence-corrected chi connectivity index (χ4v) is 2.14. The lowest BCUT2D eigenvalue weighted by Crippen LogP contribution is -2.50. The van der Waals surface area contributed by atoms with E-state index >= 15 is 0 Å². The highest BCUT2D eigenvalue weighted by Crippen LogP contribution is 2.21. The number of nitrogens with one attached hydrogen (secondary N) is 1. The smallest absolute Gasteiger partial charge is 0.236 e. The molecule has 0 spiro atoms. The molecule has 0 aromatic carbocycles. The summed E-state index contributed by atoms with van der Waals surface area (Å²) < 4.78 is 5.49. The van der Waals surface area contributed by atoms with Gasteiger partial charge in [0.05, 0.1) is 12.6 Å². The molecule has 2 heterocycles. The fraction of sp³-hybridized carbons (Fsp3) is 0.900. The minimum atomic E-state index is 0.232. The van der Waals surface area contributed by atoms with E-state index in [0.717, 1.165) is 32.7 Å². The topological polar surface area (TPSA) is 41.6 Å². The largest absolute Gasteiger partial charge is 0.378 e. The Balaban J connectivity index is 1.86. The normalized spacial score (nSPS) is 33.8. The first-order valence-corrected chi connectivity index (χ1v) is 5.37. The van der Waals surface area contributed by atoms with Gasteiger partial charge in [0.15, 0.2) is 0 Å². The first kappa shape index (κ1) is 9.93. The fourth-order valence-electron chi connectivity index (χ4n) is 2.14. The second-order valence-corrected chi connectivity index (χ2v) is 4.14. The molecule has 0 aromatic heterocycles. The van der Waals surface area contributed by atoms with Crippen molar-refractivity contribution in [1.82, 2.24) is 10.2 Å². The zero-order valence-electron chi connectivity index (χ0n) is 8.66. The van der Waals surface area contributed by atoms with Crippen LogP contribution in [0.3, 0.4) is 0 Å². The van der Waals surface area contributed by atoms with E-state index < -0.39 is 0 Å². The number of rotatable bonds is 2. The van der Waals surface area contributed by atoms with Crippen molar-refractivity contribution in [1.29, 1.82) is 0 Å². The van der Waals surface area contributed by atoms with Crippen LogP contribution in [0.4, 0.5) is 0 Å². The first-order chi connectivity index (χ1) is 6.77. The monoisotopic (exact) mass is 198 g/mol. The molecule has 4 heteroatoms. The van der Waals surface area contributed by atoms with Crippen LogP contribution in [0.5, 0.6) is 0 Å². The molecule has 2 aliphatic heterocycles. The molecule has 1 amide bonds. The average molecular weight is 198 g/mol. The Bertz CT molecular complexity index is 220. The second-order valence-electron chi connectivity index (χ2n) is 4.14. The summed E-state index contributed by atoms with van der Waals surface area (Å²) in [5.74, 6) is 0.771. The molecule has 14 heavy (non-hydrogen) atoms. The standard InChI is InChI=1S/C10H18N2O2/c1-8-9(2-5-14-8)7-12-4-3-11-6-10(12)13/h8-9,11H,2-7H2,1H3. The van der Waals surface area contributed by atoms with E-state index in [-0.39, 0.29) is 5.91 Å². The van der Waals surface area contributed by atoms with Crippen molar-refractivity contribution in [3.63, 3.8) is 0 Å². The Labute approximate surface area is 84.6 Å². The minimum Gasteiger partial charge on any atom is -0.378 e. The van der Waals surface area contributed by atoms with Gasteiger partial charge in [-0.25, -0.2) is 0 Å². The Morgan fingerprint density at radius 1 is 1.64 bits per heavy atom. The van der Waals surface area contributed by atoms with Gasteiger partial charge in [0.25, 0.3) is 0 Å². The summed E-state index contributed by atoms with van der Waals surface area (Å²) >= 11 is 0. The van der Waals surface area contributed by atoms with E-state index in [4.69, 9.17) is 4.74 Å². The Hall–Kier alpha value is -0.610. The van der Waals surface area contributed by atoms with Gasteiger partial charge >= 0.3 is 0 Å². The Morgan fingerprint density at radius 3 is 3.14 bits per heavy atom. The van der Waals surface area contributed by atoms with Crippen LogP contribution in [0.1, 0.15) is 13.3 Å². The van der Waals surface area contributed by atoms with E-state index in [1.165, 1.54) is 0 Å². The van der Waals surface area contributed by atoms with Gasteiger partial charge in [-0.1, -0.05) is 0 Å². The van der Waals surface area contributed by atoms with Gasteiger partial charge < -0.3 is 15.0 Å². The molecular weight excluding hydrogens is 180 g/mol. The summed E-state index contributed by atoms with van der Waals surface area (Å²) in [6.07, 6.45) is 1.41. The summed E-state index contributed by atoms with van der Waals surface area (Å²) in [5.41, 5.74) is 0. The van der Waals surface area contributed by atoms with Gasteiger partial charge in [-0.05, 0) is 13.3 Å². The van der Waals surface area contributed by atoms with Crippen LogP contribution in [-0.4, -0.2) is 49.7 Å². The summed E-state index contributed by atoms with van der Waals surface area (Å²) in [4.78, 5) is 13.5. The van der Waals surface area contributed by atoms with Gasteiger partial charge in [0, 0.05) is 32.2 Å². The summed E-state index contributed by atoms with van der Waals surface area (Å²) in [7, 11) is 0. The number of carbonyl (C=O) groups excluding carboxylic acids is 1. The zero-order valence-corrected chi connectivity index (χ0v) is 8.66. The van der Waals surface area contributed by atoms with Crippen LogP contribution >= 0.6 is 0 Å². The number of ether oxygens (including phenoxy) is 1. The number of piperazine rings is 1. The molecule has 2 fully saturated rings. The van der Waals surface area contributed by atoms with Crippen molar-refractivity contribution in [2.45, 2.75) is 19.4 Å². The molecule has 0 aliphatic carbocycles. The van der Waals surface area contributed by atoms with Crippen molar-refractivity contribution in [2.75, 3.05) is 32.8 Å². The molecule has 2 saturated heterocycles. The van der Waals surface area contributed by atoms with Crippen LogP contribution in [0, 0.1) is 5.92 Å². The minimum absolute atomic E-state index is 0.232. The SMILES string of the molecule is CC1OCCC1CN1CCNCC1=O. The molecule has 2 unspecified atom stereocenters. The van der Waals surface area contributed by atoms with E-state index in [1.54, 1.807) is 0 Å². The maximum Gasteiger partial charge on any atom is 0.236 e. The second kappa shape index (κ2) is 4.28. The molecule has 0 bridgehead atoms. The number of nitrogens with zero attached hydrogens (tertiary/aromatic N) is 1. The lowest BCUT2D eigenvalue weighted by atomic mass is 10.0. The number of carbonyl (C=O) groups is 1. The van der Waals surface area contributed by atoms with Crippen molar-refractivity contribution in [3.8, 4) is 0 Å².